The first-order valence-electron chi connectivity index (χ1n) is 9.76. The molecule has 1 saturated carbocycles. The van der Waals surface area contributed by atoms with E-state index in [4.69, 9.17) is 4.74 Å². The van der Waals surface area contributed by atoms with Gasteiger partial charge in [0.1, 0.15) is 5.54 Å². The number of nitrogens with one attached hydrogen (secondary N) is 1. The lowest BCUT2D eigenvalue weighted by atomic mass is 9.98. The van der Waals surface area contributed by atoms with Crippen LogP contribution in [-0.2, 0) is 19.6 Å². The van der Waals surface area contributed by atoms with Crippen LogP contribution in [-0.4, -0.2) is 49.8 Å². The Morgan fingerprint density at radius 3 is 2.38 bits per heavy atom. The van der Waals surface area contributed by atoms with Gasteiger partial charge >= 0.3 is 5.97 Å². The molecule has 9 heteroatoms. The van der Waals surface area contributed by atoms with Crippen LogP contribution in [0.2, 0.25) is 0 Å². The van der Waals surface area contributed by atoms with Crippen molar-refractivity contribution in [2.75, 3.05) is 19.7 Å². The van der Waals surface area contributed by atoms with Crippen molar-refractivity contribution in [2.24, 2.45) is 5.92 Å². The van der Waals surface area contributed by atoms with Gasteiger partial charge in [0.05, 0.1) is 16.5 Å². The van der Waals surface area contributed by atoms with Crippen LogP contribution in [0, 0.1) is 17.2 Å². The molecule has 0 spiro atoms. The molecule has 2 fully saturated rings. The average molecular weight is 420 g/mol. The molecule has 1 aromatic rings. The lowest BCUT2D eigenvalue weighted by Gasteiger charge is -2.25. The SMILES string of the molecule is C[C@](C#N)(NC(=O)COC(=O)c1ccc(S(=O)(=O)N2CCCCC2)cc1)C1CC1. The number of piperidine rings is 1. The first-order chi connectivity index (χ1) is 13.8. The second kappa shape index (κ2) is 8.51. The van der Waals surface area contributed by atoms with Crippen LogP contribution in [0.15, 0.2) is 29.2 Å². The molecule has 156 valence electrons. The van der Waals surface area contributed by atoms with Crippen molar-refractivity contribution in [3.8, 4) is 6.07 Å². The van der Waals surface area contributed by atoms with Gasteiger partial charge in [0.25, 0.3) is 5.91 Å². The van der Waals surface area contributed by atoms with E-state index in [-0.39, 0.29) is 16.4 Å². The molecule has 1 aliphatic heterocycles. The quantitative estimate of drug-likeness (QED) is 0.674. The Labute approximate surface area is 170 Å². The highest BCUT2D eigenvalue weighted by Gasteiger charge is 2.43. The summed E-state index contributed by atoms with van der Waals surface area (Å²) in [6, 6.07) is 7.61. The molecule has 0 aromatic heterocycles. The summed E-state index contributed by atoms with van der Waals surface area (Å²) in [5.41, 5.74) is -0.797. The zero-order chi connectivity index (χ0) is 21.1. The van der Waals surface area contributed by atoms with Gasteiger partial charge in [-0.15, -0.1) is 0 Å². The maximum absolute atomic E-state index is 12.6. The maximum atomic E-state index is 12.6. The van der Waals surface area contributed by atoms with E-state index in [9.17, 15) is 23.3 Å². The van der Waals surface area contributed by atoms with Crippen LogP contribution in [0.3, 0.4) is 0 Å². The summed E-state index contributed by atoms with van der Waals surface area (Å²) < 4.78 is 31.7. The number of sulfonamides is 1. The van der Waals surface area contributed by atoms with E-state index < -0.39 is 34.0 Å². The number of ether oxygens (including phenoxy) is 1. The minimum Gasteiger partial charge on any atom is -0.452 e. The Kier molecular flexibility index (Phi) is 6.24. The number of nitriles is 1. The van der Waals surface area contributed by atoms with Gasteiger partial charge in [0.15, 0.2) is 6.61 Å². The molecule has 29 heavy (non-hydrogen) atoms. The van der Waals surface area contributed by atoms with E-state index >= 15 is 0 Å². The van der Waals surface area contributed by atoms with Gasteiger partial charge in [-0.1, -0.05) is 6.42 Å². The number of carbonyl (C=O) groups is 2. The first kappa shape index (κ1) is 21.3. The van der Waals surface area contributed by atoms with Gasteiger partial charge in [-0.3, -0.25) is 4.79 Å². The number of hydrogen-bond acceptors (Lipinski definition) is 6. The highest BCUT2D eigenvalue weighted by Crippen LogP contribution is 2.39. The highest BCUT2D eigenvalue weighted by molar-refractivity contribution is 7.89. The van der Waals surface area contributed by atoms with E-state index in [1.165, 1.54) is 28.6 Å². The fraction of sp³-hybridized carbons (Fsp3) is 0.550. The van der Waals surface area contributed by atoms with Crippen LogP contribution < -0.4 is 5.32 Å². The first-order valence-corrected chi connectivity index (χ1v) is 11.2. The van der Waals surface area contributed by atoms with Crippen molar-refractivity contribution in [1.29, 1.82) is 5.26 Å². The molecule has 0 unspecified atom stereocenters. The molecule has 1 N–H and O–H groups in total. The largest absolute Gasteiger partial charge is 0.452 e. The minimum atomic E-state index is -3.57. The molecule has 1 aromatic carbocycles. The molecule has 2 aliphatic rings. The summed E-state index contributed by atoms with van der Waals surface area (Å²) in [4.78, 5) is 24.3. The minimum absolute atomic E-state index is 0.126. The number of hydrogen-bond donors (Lipinski definition) is 1. The molecule has 1 amide bonds. The molecule has 3 rings (SSSR count). The zero-order valence-electron chi connectivity index (χ0n) is 16.4. The lowest BCUT2D eigenvalue weighted by Crippen LogP contribution is -2.48. The Hall–Kier alpha value is -2.44. The Morgan fingerprint density at radius 1 is 1.21 bits per heavy atom. The third kappa shape index (κ3) is 4.95. The lowest BCUT2D eigenvalue weighted by molar-refractivity contribution is -0.125. The van der Waals surface area contributed by atoms with Gasteiger partial charge in [-0.05, 0) is 62.8 Å². The smallest absolute Gasteiger partial charge is 0.338 e. The maximum Gasteiger partial charge on any atom is 0.338 e. The topological polar surface area (TPSA) is 117 Å². The second-order valence-corrected chi connectivity index (χ2v) is 9.64. The molecule has 1 aliphatic carbocycles. The molecule has 1 heterocycles. The highest BCUT2D eigenvalue weighted by atomic mass is 32.2. The van der Waals surface area contributed by atoms with Crippen LogP contribution in [0.1, 0.15) is 49.4 Å². The number of rotatable bonds is 7. The molecule has 1 saturated heterocycles. The number of nitrogens with zero attached hydrogens (tertiary/aromatic N) is 2. The second-order valence-electron chi connectivity index (χ2n) is 7.70. The number of carbonyl (C=O) groups excluding carboxylic acids is 2. The summed E-state index contributed by atoms with van der Waals surface area (Å²) in [6.45, 7) is 2.16. The van der Waals surface area contributed by atoms with Crippen molar-refractivity contribution >= 4 is 21.9 Å². The average Bonchev–Trinajstić information content (AvgIpc) is 3.58. The van der Waals surface area contributed by atoms with Gasteiger partial charge in [0.2, 0.25) is 10.0 Å². The summed E-state index contributed by atoms with van der Waals surface area (Å²) in [6.07, 6.45) is 4.49. The summed E-state index contributed by atoms with van der Waals surface area (Å²) in [5.74, 6) is -1.15. The van der Waals surface area contributed by atoms with Gasteiger partial charge in [-0.2, -0.15) is 9.57 Å². The normalized spacial score (nSPS) is 19.6. The molecule has 0 bridgehead atoms. The van der Waals surface area contributed by atoms with Gasteiger partial charge < -0.3 is 10.1 Å². The molecular formula is C20H25N3O5S. The molecule has 8 nitrogen and oxygen atoms in total. The third-order valence-electron chi connectivity index (χ3n) is 5.40. The van der Waals surface area contributed by atoms with E-state index in [0.717, 1.165) is 32.1 Å². The Balaban J connectivity index is 1.56. The van der Waals surface area contributed by atoms with Crippen LogP contribution in [0.4, 0.5) is 0 Å². The summed E-state index contributed by atoms with van der Waals surface area (Å²) >= 11 is 0. The van der Waals surface area contributed by atoms with E-state index in [2.05, 4.69) is 11.4 Å². The van der Waals surface area contributed by atoms with Crippen LogP contribution in [0.5, 0.6) is 0 Å². The number of amides is 1. The van der Waals surface area contributed by atoms with Crippen LogP contribution in [0.25, 0.3) is 0 Å². The number of benzene rings is 1. The predicted molar refractivity (Wildman–Crippen MR) is 104 cm³/mol. The Bertz CT molecular complexity index is 912. The van der Waals surface area contributed by atoms with E-state index in [1.807, 2.05) is 0 Å². The monoisotopic (exact) mass is 419 g/mol. The van der Waals surface area contributed by atoms with E-state index in [0.29, 0.717) is 13.1 Å². The fourth-order valence-electron chi connectivity index (χ4n) is 3.44. The van der Waals surface area contributed by atoms with Crippen molar-refractivity contribution in [2.45, 2.75) is 49.5 Å². The molecular weight excluding hydrogens is 394 g/mol. The van der Waals surface area contributed by atoms with E-state index in [1.54, 1.807) is 6.92 Å². The van der Waals surface area contributed by atoms with Crippen molar-refractivity contribution in [3.63, 3.8) is 0 Å². The van der Waals surface area contributed by atoms with Crippen molar-refractivity contribution in [1.82, 2.24) is 9.62 Å². The summed E-state index contributed by atoms with van der Waals surface area (Å²) in [7, 11) is -3.57. The van der Waals surface area contributed by atoms with Gasteiger partial charge in [-0.25, -0.2) is 13.2 Å². The van der Waals surface area contributed by atoms with Crippen molar-refractivity contribution in [3.05, 3.63) is 29.8 Å². The predicted octanol–water partition coefficient (Wildman–Crippen LogP) is 1.83. The fourth-order valence-corrected chi connectivity index (χ4v) is 4.96. The van der Waals surface area contributed by atoms with Crippen molar-refractivity contribution < 1.29 is 22.7 Å². The zero-order valence-corrected chi connectivity index (χ0v) is 17.2. The summed E-state index contributed by atoms with van der Waals surface area (Å²) in [5, 5.41) is 11.9. The third-order valence-corrected chi connectivity index (χ3v) is 7.32. The molecule has 1 atom stereocenters. The molecule has 0 radical (unpaired) electrons. The van der Waals surface area contributed by atoms with Crippen LogP contribution >= 0.6 is 0 Å². The number of esters is 1. The Morgan fingerprint density at radius 2 is 1.83 bits per heavy atom. The standard InChI is InChI=1S/C20H25N3O5S/c1-20(14-21,16-7-8-16)22-18(24)13-28-19(25)15-5-9-17(10-6-15)29(26,27)23-11-3-2-4-12-23/h5-6,9-10,16H,2-4,7-8,11-13H2,1H3,(H,22,24)/t20-/m1/s1. The van der Waals surface area contributed by atoms with Gasteiger partial charge in [0, 0.05) is 13.1 Å².